The first-order chi connectivity index (χ1) is 12.2. The number of ether oxygens (including phenoxy) is 2. The van der Waals surface area contributed by atoms with E-state index in [4.69, 9.17) is 14.6 Å². The van der Waals surface area contributed by atoms with E-state index in [1.165, 1.54) is 37.3 Å². The van der Waals surface area contributed by atoms with Crippen LogP contribution in [0.5, 0.6) is 11.5 Å². The zero-order chi connectivity index (χ0) is 19.1. The highest BCUT2D eigenvalue weighted by Gasteiger charge is 2.33. The van der Waals surface area contributed by atoms with E-state index in [0.29, 0.717) is 11.3 Å². The van der Waals surface area contributed by atoms with Gasteiger partial charge in [-0.1, -0.05) is 6.07 Å². The third-order valence-electron chi connectivity index (χ3n) is 3.67. The minimum Gasteiger partial charge on any atom is -0.476 e. The molecule has 136 valence electrons. The van der Waals surface area contributed by atoms with Gasteiger partial charge < -0.3 is 19.9 Å². The lowest BCUT2D eigenvalue weighted by Gasteiger charge is -2.10. The number of carbonyl (C=O) groups is 2. The molecule has 0 aliphatic carbocycles. The fourth-order valence-electron chi connectivity index (χ4n) is 2.54. The molecule has 0 spiro atoms. The number of carboxylic acid groups (broad SMARTS) is 1. The average Bonchev–Trinajstić information content (AvgIpc) is 2.96. The Morgan fingerprint density at radius 1 is 1.12 bits per heavy atom. The zero-order valence-electron chi connectivity index (χ0n) is 13.8. The minimum absolute atomic E-state index is 0.0134. The molecule has 3 rings (SSSR count). The first-order valence-corrected chi connectivity index (χ1v) is 9.00. The van der Waals surface area contributed by atoms with Gasteiger partial charge in [-0.05, 0) is 36.8 Å². The molecule has 0 fully saturated rings. The monoisotopic (exact) mass is 377 g/mol. The third kappa shape index (κ3) is 3.21. The summed E-state index contributed by atoms with van der Waals surface area (Å²) < 4.78 is 36.2. The van der Waals surface area contributed by atoms with Gasteiger partial charge in [-0.25, -0.2) is 13.2 Å². The van der Waals surface area contributed by atoms with E-state index in [1.807, 2.05) is 0 Å². The molecular weight excluding hydrogens is 362 g/mol. The summed E-state index contributed by atoms with van der Waals surface area (Å²) in [5.41, 5.74) is 0.728. The lowest BCUT2D eigenvalue weighted by Crippen LogP contribution is -2.28. The van der Waals surface area contributed by atoms with Crippen LogP contribution < -0.4 is 14.8 Å². The van der Waals surface area contributed by atoms with Crippen molar-refractivity contribution in [3.05, 3.63) is 42.0 Å². The summed E-state index contributed by atoms with van der Waals surface area (Å²) in [4.78, 5) is 22.1. The molecule has 0 bridgehead atoms. The fraction of sp³-hybridized carbons (Fsp3) is 0.176. The molecular formula is C17H15NO7S. The minimum atomic E-state index is -3.92. The number of nitrogens with one attached hydrogen (secondary N) is 1. The fourth-order valence-corrected chi connectivity index (χ4v) is 4.08. The molecule has 2 aromatic rings. The normalized spacial score (nSPS) is 15.5. The number of carboxylic acids is 1. The topological polar surface area (TPSA) is 119 Å². The van der Waals surface area contributed by atoms with Gasteiger partial charge in [0.1, 0.15) is 0 Å². The number of carbonyl (C=O) groups excluding carboxylic acids is 1. The summed E-state index contributed by atoms with van der Waals surface area (Å²) in [5.74, 6) is -1.43. The van der Waals surface area contributed by atoms with Crippen LogP contribution in [0.1, 0.15) is 12.5 Å². The van der Waals surface area contributed by atoms with Gasteiger partial charge in [-0.2, -0.15) is 0 Å². The Balaban J connectivity index is 2.03. The Labute approximate surface area is 149 Å². The van der Waals surface area contributed by atoms with Crippen molar-refractivity contribution in [3.8, 4) is 11.5 Å². The molecule has 1 atom stereocenters. The third-order valence-corrected chi connectivity index (χ3v) is 5.56. The highest BCUT2D eigenvalue weighted by atomic mass is 32.2. The zero-order valence-corrected chi connectivity index (χ0v) is 14.7. The molecule has 2 aromatic carbocycles. The van der Waals surface area contributed by atoms with Crippen molar-refractivity contribution in [1.82, 2.24) is 0 Å². The maximum absolute atomic E-state index is 13.0. The van der Waals surface area contributed by atoms with Crippen molar-refractivity contribution >= 4 is 27.4 Å². The van der Waals surface area contributed by atoms with Crippen molar-refractivity contribution in [2.75, 3.05) is 5.32 Å². The van der Waals surface area contributed by atoms with Crippen molar-refractivity contribution in [3.63, 3.8) is 0 Å². The first kappa shape index (κ1) is 17.7. The molecule has 26 heavy (non-hydrogen) atoms. The molecule has 1 amide bonds. The van der Waals surface area contributed by atoms with Crippen LogP contribution in [0, 0.1) is 6.92 Å². The van der Waals surface area contributed by atoms with Crippen molar-refractivity contribution < 1.29 is 32.6 Å². The largest absolute Gasteiger partial charge is 0.476 e. The van der Waals surface area contributed by atoms with Crippen molar-refractivity contribution in [2.45, 2.75) is 29.9 Å². The predicted octanol–water partition coefficient (Wildman–Crippen LogP) is 1.97. The summed E-state index contributed by atoms with van der Waals surface area (Å²) in [6.45, 7) is 2.89. The number of aryl methyl sites for hydroxylation is 1. The number of hydrogen-bond donors (Lipinski definition) is 2. The van der Waals surface area contributed by atoms with E-state index in [2.05, 4.69) is 5.32 Å². The molecule has 2 N–H and O–H groups in total. The van der Waals surface area contributed by atoms with E-state index in [0.717, 1.165) is 0 Å². The van der Waals surface area contributed by atoms with Crippen LogP contribution in [-0.2, 0) is 19.4 Å². The number of rotatable bonds is 4. The molecule has 0 saturated carbocycles. The summed E-state index contributed by atoms with van der Waals surface area (Å²) in [7, 11) is -3.92. The van der Waals surface area contributed by atoms with Crippen LogP contribution in [0.3, 0.4) is 0 Å². The van der Waals surface area contributed by atoms with Gasteiger partial charge in [0.15, 0.2) is 11.5 Å². The Bertz CT molecular complexity index is 1010. The molecule has 9 heteroatoms. The van der Waals surface area contributed by atoms with E-state index in [9.17, 15) is 18.0 Å². The quantitative estimate of drug-likeness (QED) is 0.836. The lowest BCUT2D eigenvalue weighted by atomic mass is 10.2. The second-order valence-electron chi connectivity index (χ2n) is 5.68. The molecule has 1 aliphatic rings. The number of amides is 1. The number of fused-ring (bicyclic) bond motifs is 1. The highest BCUT2D eigenvalue weighted by molar-refractivity contribution is 7.91. The van der Waals surface area contributed by atoms with Gasteiger partial charge in [-0.15, -0.1) is 0 Å². The van der Waals surface area contributed by atoms with Gasteiger partial charge in [0.2, 0.25) is 15.7 Å². The van der Waals surface area contributed by atoms with Crippen molar-refractivity contribution in [2.24, 2.45) is 0 Å². The van der Waals surface area contributed by atoms with Crippen LogP contribution >= 0.6 is 0 Å². The van der Waals surface area contributed by atoms with E-state index in [-0.39, 0.29) is 27.2 Å². The van der Waals surface area contributed by atoms with Crippen LogP contribution in [-0.4, -0.2) is 31.7 Å². The SMILES string of the molecule is CC(=O)Nc1cccc(S(=O)(=O)c2cc3c(cc2C)OC(C(=O)O)O3)c1. The second-order valence-corrected chi connectivity index (χ2v) is 7.60. The number of anilines is 1. The molecule has 1 unspecified atom stereocenters. The number of sulfone groups is 1. The second kappa shape index (κ2) is 6.34. The van der Waals surface area contributed by atoms with Gasteiger partial charge >= 0.3 is 12.3 Å². The number of hydrogen-bond acceptors (Lipinski definition) is 6. The standard InChI is InChI=1S/C17H15NO7S/c1-9-6-13-14(25-17(24-13)16(20)21)8-15(9)26(22,23)12-5-3-4-11(7-12)18-10(2)19/h3-8,17H,1-2H3,(H,18,19)(H,20,21). The summed E-state index contributed by atoms with van der Waals surface area (Å²) in [6.07, 6.45) is -1.51. The molecule has 1 heterocycles. The summed E-state index contributed by atoms with van der Waals surface area (Å²) in [6, 6.07) is 8.51. The van der Waals surface area contributed by atoms with Gasteiger partial charge in [-0.3, -0.25) is 4.79 Å². The summed E-state index contributed by atoms with van der Waals surface area (Å²) in [5, 5.41) is 11.5. The van der Waals surface area contributed by atoms with E-state index in [1.54, 1.807) is 13.0 Å². The maximum Gasteiger partial charge on any atom is 0.387 e. The molecule has 8 nitrogen and oxygen atoms in total. The molecule has 0 radical (unpaired) electrons. The first-order valence-electron chi connectivity index (χ1n) is 7.52. The van der Waals surface area contributed by atoms with E-state index < -0.39 is 22.1 Å². The predicted molar refractivity (Wildman–Crippen MR) is 90.1 cm³/mol. The maximum atomic E-state index is 13.0. The summed E-state index contributed by atoms with van der Waals surface area (Å²) >= 11 is 0. The Morgan fingerprint density at radius 2 is 1.77 bits per heavy atom. The van der Waals surface area contributed by atoms with Crippen LogP contribution in [0.2, 0.25) is 0 Å². The Kier molecular flexibility index (Phi) is 4.33. The number of aliphatic carboxylic acids is 1. The molecule has 0 saturated heterocycles. The van der Waals surface area contributed by atoms with Crippen LogP contribution in [0.4, 0.5) is 5.69 Å². The molecule has 0 aromatic heterocycles. The van der Waals surface area contributed by atoms with E-state index >= 15 is 0 Å². The highest BCUT2D eigenvalue weighted by Crippen LogP contribution is 2.40. The van der Waals surface area contributed by atoms with Gasteiger partial charge in [0.25, 0.3) is 0 Å². The lowest BCUT2D eigenvalue weighted by molar-refractivity contribution is -0.154. The van der Waals surface area contributed by atoms with Crippen molar-refractivity contribution in [1.29, 1.82) is 0 Å². The van der Waals surface area contributed by atoms with Crippen LogP contribution in [0.25, 0.3) is 0 Å². The van der Waals surface area contributed by atoms with Gasteiger partial charge in [0, 0.05) is 18.7 Å². The smallest absolute Gasteiger partial charge is 0.387 e. The number of benzene rings is 2. The average molecular weight is 377 g/mol. The Hall–Kier alpha value is -3.07. The van der Waals surface area contributed by atoms with Crippen LogP contribution in [0.15, 0.2) is 46.2 Å². The van der Waals surface area contributed by atoms with Gasteiger partial charge in [0.05, 0.1) is 9.79 Å². The molecule has 1 aliphatic heterocycles. The Morgan fingerprint density at radius 3 is 2.38 bits per heavy atom.